The molecule has 2 aromatic carbocycles. The second-order valence-electron chi connectivity index (χ2n) is 4.06. The average molecular weight is 295 g/mol. The average Bonchev–Trinajstić information content (AvgIpc) is 2.37. The number of rotatable bonds is 4. The summed E-state index contributed by atoms with van der Waals surface area (Å²) in [5.74, 6) is -0.410. The Morgan fingerprint density at radius 2 is 1.95 bits per heavy atom. The SMILES string of the molecule is Nc1cc(F)cc(NC(=O)COc2ccc(Cl)cc2)c1. The monoisotopic (exact) mass is 294 g/mol. The Morgan fingerprint density at radius 1 is 1.25 bits per heavy atom. The van der Waals surface area contributed by atoms with Crippen molar-refractivity contribution in [3.8, 4) is 5.75 Å². The lowest BCUT2D eigenvalue weighted by molar-refractivity contribution is -0.118. The summed E-state index contributed by atoms with van der Waals surface area (Å²) in [7, 11) is 0. The summed E-state index contributed by atoms with van der Waals surface area (Å²) in [6, 6.07) is 10.4. The predicted octanol–water partition coefficient (Wildman–Crippen LogP) is 3.08. The van der Waals surface area contributed by atoms with E-state index in [1.54, 1.807) is 24.3 Å². The van der Waals surface area contributed by atoms with E-state index in [1.165, 1.54) is 18.2 Å². The molecule has 0 heterocycles. The van der Waals surface area contributed by atoms with Crippen LogP contribution in [0.25, 0.3) is 0 Å². The fourth-order valence-electron chi connectivity index (χ4n) is 1.56. The molecule has 0 spiro atoms. The summed E-state index contributed by atoms with van der Waals surface area (Å²) in [5.41, 5.74) is 6.00. The summed E-state index contributed by atoms with van der Waals surface area (Å²) in [5, 5.41) is 3.08. The van der Waals surface area contributed by atoms with Gasteiger partial charge in [0.05, 0.1) is 0 Å². The fourth-order valence-corrected chi connectivity index (χ4v) is 1.69. The number of amides is 1. The van der Waals surface area contributed by atoms with Crippen molar-refractivity contribution in [2.24, 2.45) is 0 Å². The number of carbonyl (C=O) groups is 1. The molecule has 0 aliphatic heterocycles. The van der Waals surface area contributed by atoms with E-state index >= 15 is 0 Å². The van der Waals surface area contributed by atoms with Gasteiger partial charge in [0, 0.05) is 16.4 Å². The van der Waals surface area contributed by atoms with Crippen LogP contribution in [0.15, 0.2) is 42.5 Å². The molecule has 0 atom stereocenters. The van der Waals surface area contributed by atoms with Crippen LogP contribution in [-0.4, -0.2) is 12.5 Å². The second kappa shape index (κ2) is 6.25. The minimum Gasteiger partial charge on any atom is -0.484 e. The molecule has 0 radical (unpaired) electrons. The minimum absolute atomic E-state index is 0.196. The molecule has 0 aromatic heterocycles. The third kappa shape index (κ3) is 4.13. The highest BCUT2D eigenvalue weighted by Gasteiger charge is 2.05. The van der Waals surface area contributed by atoms with Gasteiger partial charge in [-0.05, 0) is 42.5 Å². The van der Waals surface area contributed by atoms with E-state index in [4.69, 9.17) is 22.1 Å². The van der Waals surface area contributed by atoms with Crippen LogP contribution in [0, 0.1) is 5.82 Å². The first kappa shape index (κ1) is 14.1. The molecule has 0 aliphatic rings. The third-order valence-electron chi connectivity index (χ3n) is 2.39. The van der Waals surface area contributed by atoms with Gasteiger partial charge in [-0.1, -0.05) is 11.6 Å². The van der Waals surface area contributed by atoms with Crippen molar-refractivity contribution >= 4 is 28.9 Å². The number of hydrogen-bond donors (Lipinski definition) is 2. The van der Waals surface area contributed by atoms with Gasteiger partial charge < -0.3 is 15.8 Å². The van der Waals surface area contributed by atoms with Gasteiger partial charge in [-0.2, -0.15) is 0 Å². The van der Waals surface area contributed by atoms with Crippen LogP contribution >= 0.6 is 11.6 Å². The number of carbonyl (C=O) groups excluding carboxylic acids is 1. The van der Waals surface area contributed by atoms with Gasteiger partial charge in [0.25, 0.3) is 5.91 Å². The number of nitrogen functional groups attached to an aromatic ring is 1. The van der Waals surface area contributed by atoms with Crippen molar-refractivity contribution in [3.63, 3.8) is 0 Å². The fraction of sp³-hybridized carbons (Fsp3) is 0.0714. The molecule has 104 valence electrons. The van der Waals surface area contributed by atoms with Gasteiger partial charge in [0.1, 0.15) is 11.6 Å². The number of anilines is 2. The smallest absolute Gasteiger partial charge is 0.262 e. The molecular weight excluding hydrogens is 283 g/mol. The largest absolute Gasteiger partial charge is 0.484 e. The highest BCUT2D eigenvalue weighted by atomic mass is 35.5. The number of hydrogen-bond acceptors (Lipinski definition) is 3. The molecule has 0 saturated carbocycles. The Labute approximate surface area is 120 Å². The molecular formula is C14H12ClFN2O2. The first-order valence-electron chi connectivity index (χ1n) is 5.77. The van der Waals surface area contributed by atoms with E-state index < -0.39 is 11.7 Å². The molecule has 1 amide bonds. The molecule has 0 saturated heterocycles. The van der Waals surface area contributed by atoms with Gasteiger partial charge in [-0.25, -0.2) is 4.39 Å². The molecule has 0 unspecified atom stereocenters. The molecule has 0 fully saturated rings. The number of halogens is 2. The van der Waals surface area contributed by atoms with Gasteiger partial charge >= 0.3 is 0 Å². The summed E-state index contributed by atoms with van der Waals surface area (Å²) < 4.78 is 18.4. The van der Waals surface area contributed by atoms with Crippen LogP contribution in [0.5, 0.6) is 5.75 Å². The molecule has 0 aliphatic carbocycles. The van der Waals surface area contributed by atoms with E-state index in [2.05, 4.69) is 5.32 Å². The standard InChI is InChI=1S/C14H12ClFN2O2/c15-9-1-3-13(4-2-9)20-8-14(19)18-12-6-10(16)5-11(17)7-12/h1-7H,8,17H2,(H,18,19). The van der Waals surface area contributed by atoms with Crippen molar-refractivity contribution in [2.75, 3.05) is 17.7 Å². The van der Waals surface area contributed by atoms with E-state index in [-0.39, 0.29) is 18.0 Å². The van der Waals surface area contributed by atoms with Crippen LogP contribution in [0.1, 0.15) is 0 Å². The first-order valence-corrected chi connectivity index (χ1v) is 6.15. The van der Waals surface area contributed by atoms with Crippen LogP contribution in [-0.2, 0) is 4.79 Å². The predicted molar refractivity (Wildman–Crippen MR) is 76.4 cm³/mol. The molecule has 6 heteroatoms. The number of nitrogens with one attached hydrogen (secondary N) is 1. The maximum absolute atomic E-state index is 13.1. The Morgan fingerprint density at radius 3 is 2.60 bits per heavy atom. The molecule has 20 heavy (non-hydrogen) atoms. The summed E-state index contributed by atoms with van der Waals surface area (Å²) in [6.45, 7) is -0.196. The number of ether oxygens (including phenoxy) is 1. The zero-order chi connectivity index (χ0) is 14.5. The van der Waals surface area contributed by atoms with Crippen LogP contribution < -0.4 is 15.8 Å². The topological polar surface area (TPSA) is 64.3 Å². The van der Waals surface area contributed by atoms with E-state index in [9.17, 15) is 9.18 Å². The summed E-state index contributed by atoms with van der Waals surface area (Å²) >= 11 is 5.73. The Balaban J connectivity index is 1.90. The molecule has 0 bridgehead atoms. The van der Waals surface area contributed by atoms with Crippen LogP contribution in [0.3, 0.4) is 0 Å². The maximum atomic E-state index is 13.1. The van der Waals surface area contributed by atoms with Crippen molar-refractivity contribution in [1.82, 2.24) is 0 Å². The normalized spacial score (nSPS) is 10.1. The van der Waals surface area contributed by atoms with Gasteiger partial charge in [-0.15, -0.1) is 0 Å². The lowest BCUT2D eigenvalue weighted by Gasteiger charge is -2.08. The van der Waals surface area contributed by atoms with Crippen molar-refractivity contribution in [3.05, 3.63) is 53.3 Å². The van der Waals surface area contributed by atoms with Crippen molar-refractivity contribution in [1.29, 1.82) is 0 Å². The highest BCUT2D eigenvalue weighted by Crippen LogP contribution is 2.17. The van der Waals surface area contributed by atoms with Crippen LogP contribution in [0.2, 0.25) is 5.02 Å². The van der Waals surface area contributed by atoms with Gasteiger partial charge in [0.2, 0.25) is 0 Å². The van der Waals surface area contributed by atoms with Crippen molar-refractivity contribution in [2.45, 2.75) is 0 Å². The number of nitrogens with two attached hydrogens (primary N) is 1. The van der Waals surface area contributed by atoms with E-state index in [0.29, 0.717) is 10.8 Å². The van der Waals surface area contributed by atoms with E-state index in [1.807, 2.05) is 0 Å². The van der Waals surface area contributed by atoms with E-state index in [0.717, 1.165) is 0 Å². The number of benzene rings is 2. The molecule has 2 rings (SSSR count). The Kier molecular flexibility index (Phi) is 4.42. The Hall–Kier alpha value is -2.27. The van der Waals surface area contributed by atoms with Crippen molar-refractivity contribution < 1.29 is 13.9 Å². The molecule has 2 aromatic rings. The summed E-state index contributed by atoms with van der Waals surface area (Å²) in [6.07, 6.45) is 0. The van der Waals surface area contributed by atoms with Crippen LogP contribution in [0.4, 0.5) is 15.8 Å². The quantitative estimate of drug-likeness (QED) is 0.852. The maximum Gasteiger partial charge on any atom is 0.262 e. The molecule has 4 nitrogen and oxygen atoms in total. The Bertz CT molecular complexity index is 597. The minimum atomic E-state index is -0.515. The van der Waals surface area contributed by atoms with Gasteiger partial charge in [0.15, 0.2) is 6.61 Å². The third-order valence-corrected chi connectivity index (χ3v) is 2.64. The first-order chi connectivity index (χ1) is 9.52. The summed E-state index contributed by atoms with van der Waals surface area (Å²) in [4.78, 5) is 11.6. The lowest BCUT2D eigenvalue weighted by Crippen LogP contribution is -2.20. The second-order valence-corrected chi connectivity index (χ2v) is 4.50. The zero-order valence-electron chi connectivity index (χ0n) is 10.4. The van der Waals surface area contributed by atoms with Gasteiger partial charge in [-0.3, -0.25) is 4.79 Å². The zero-order valence-corrected chi connectivity index (χ0v) is 11.2. The lowest BCUT2D eigenvalue weighted by atomic mass is 10.2. The highest BCUT2D eigenvalue weighted by molar-refractivity contribution is 6.30. The molecule has 3 N–H and O–H groups in total.